The largest absolute Gasteiger partial charge is 0.289 e. The zero-order chi connectivity index (χ0) is 7.02. The van der Waals surface area contributed by atoms with Gasteiger partial charge in [0.05, 0.1) is 16.1 Å². The van der Waals surface area contributed by atoms with E-state index >= 15 is 0 Å². The fourth-order valence-electron chi connectivity index (χ4n) is 0.580. The van der Waals surface area contributed by atoms with Gasteiger partial charge in [0.1, 0.15) is 4.28 Å². The van der Waals surface area contributed by atoms with Crippen LogP contribution in [0.25, 0.3) is 0 Å². The second-order valence-corrected chi connectivity index (χ2v) is 5.39. The van der Waals surface area contributed by atoms with Crippen molar-refractivity contribution in [3.05, 3.63) is 10.6 Å². The van der Waals surface area contributed by atoms with Crippen LogP contribution in [0.3, 0.4) is 0 Å². The smallest absolute Gasteiger partial charge is 0.145 e. The number of nitrogens with zero attached hydrogens (tertiary/aromatic N) is 1. The Labute approximate surface area is 76.3 Å². The summed E-state index contributed by atoms with van der Waals surface area (Å²) in [5, 5.41) is 0. The number of alkyl halides is 1. The van der Waals surface area contributed by atoms with Crippen molar-refractivity contribution in [2.45, 2.75) is 18.1 Å². The summed E-state index contributed by atoms with van der Waals surface area (Å²) in [6, 6.07) is 0. The van der Waals surface area contributed by atoms with Crippen LogP contribution in [0.4, 0.5) is 0 Å². The lowest BCUT2D eigenvalue weighted by Gasteiger charge is -2.12. The Kier molecular flexibility index (Phi) is 2.51. The number of hydrogen-bond donors (Lipinski definition) is 0. The van der Waals surface area contributed by atoms with Crippen molar-refractivity contribution in [2.75, 3.05) is 0 Å². The SMILES string of the molecule is CC1=C(C)N(Br)C(Br)S1. The van der Waals surface area contributed by atoms with Gasteiger partial charge in [-0.25, -0.2) is 0 Å². The molecule has 0 N–H and O–H groups in total. The fourth-order valence-corrected chi connectivity index (χ4v) is 3.17. The molecule has 1 aliphatic rings. The van der Waals surface area contributed by atoms with E-state index in [1.54, 1.807) is 0 Å². The standard InChI is InChI=1S/C5H7Br2NS/c1-3-4(2)9-5(6)8(3)7/h5H,1-2H3. The van der Waals surface area contributed by atoms with Crippen LogP contribution in [0.5, 0.6) is 0 Å². The lowest BCUT2D eigenvalue weighted by molar-refractivity contribution is 0.688. The van der Waals surface area contributed by atoms with Crippen molar-refractivity contribution >= 4 is 43.8 Å². The second-order valence-electron chi connectivity index (χ2n) is 1.86. The molecule has 1 nitrogen and oxygen atoms in total. The first-order valence-electron chi connectivity index (χ1n) is 2.56. The van der Waals surface area contributed by atoms with E-state index in [0.717, 1.165) is 0 Å². The van der Waals surface area contributed by atoms with Crippen molar-refractivity contribution < 1.29 is 0 Å². The summed E-state index contributed by atoms with van der Waals surface area (Å²) in [6.07, 6.45) is 0. The number of rotatable bonds is 0. The first kappa shape index (κ1) is 7.95. The summed E-state index contributed by atoms with van der Waals surface area (Å²) in [5.41, 5.74) is 1.29. The minimum absolute atomic E-state index is 0.373. The molecule has 1 unspecified atom stereocenters. The van der Waals surface area contributed by atoms with E-state index in [2.05, 4.69) is 45.9 Å². The van der Waals surface area contributed by atoms with Gasteiger partial charge in [0.2, 0.25) is 0 Å². The Balaban J connectivity index is 2.74. The molecule has 0 aromatic carbocycles. The lowest BCUT2D eigenvalue weighted by atomic mass is 10.5. The van der Waals surface area contributed by atoms with Gasteiger partial charge in [-0.05, 0) is 13.8 Å². The van der Waals surface area contributed by atoms with Crippen molar-refractivity contribution in [3.63, 3.8) is 0 Å². The predicted molar refractivity (Wildman–Crippen MR) is 49.4 cm³/mol. The molecule has 0 spiro atoms. The molecule has 52 valence electrons. The minimum atomic E-state index is 0.373. The van der Waals surface area contributed by atoms with Crippen molar-refractivity contribution in [3.8, 4) is 0 Å². The Hall–Kier alpha value is 0.850. The fraction of sp³-hybridized carbons (Fsp3) is 0.600. The van der Waals surface area contributed by atoms with Crippen LogP contribution < -0.4 is 0 Å². The van der Waals surface area contributed by atoms with E-state index in [0.29, 0.717) is 4.28 Å². The molecule has 0 aromatic rings. The third-order valence-electron chi connectivity index (χ3n) is 1.28. The molecule has 4 heteroatoms. The van der Waals surface area contributed by atoms with Gasteiger partial charge in [-0.2, -0.15) is 0 Å². The summed E-state index contributed by atoms with van der Waals surface area (Å²) in [5.74, 6) is 0. The minimum Gasteiger partial charge on any atom is -0.289 e. The maximum absolute atomic E-state index is 3.48. The van der Waals surface area contributed by atoms with E-state index in [1.165, 1.54) is 10.6 Å². The summed E-state index contributed by atoms with van der Waals surface area (Å²) >= 11 is 8.71. The van der Waals surface area contributed by atoms with E-state index < -0.39 is 0 Å². The molecule has 0 aromatic heterocycles. The molecule has 0 amide bonds. The van der Waals surface area contributed by atoms with Crippen LogP contribution in [0.15, 0.2) is 10.6 Å². The van der Waals surface area contributed by atoms with Crippen molar-refractivity contribution in [1.29, 1.82) is 0 Å². The number of hydrogen-bond acceptors (Lipinski definition) is 2. The first-order chi connectivity index (χ1) is 4.13. The molecule has 0 saturated heterocycles. The van der Waals surface area contributed by atoms with E-state index in [4.69, 9.17) is 0 Å². The van der Waals surface area contributed by atoms with Gasteiger partial charge in [0.25, 0.3) is 0 Å². The van der Waals surface area contributed by atoms with Gasteiger partial charge in [-0.15, -0.1) is 0 Å². The molecule has 0 radical (unpaired) electrons. The number of halogens is 2. The highest BCUT2D eigenvalue weighted by Gasteiger charge is 2.23. The van der Waals surface area contributed by atoms with Crippen LogP contribution in [0.1, 0.15) is 13.8 Å². The Morgan fingerprint density at radius 1 is 1.56 bits per heavy atom. The highest BCUT2D eigenvalue weighted by atomic mass is 79.9. The summed E-state index contributed by atoms with van der Waals surface area (Å²) < 4.78 is 2.41. The molecule has 1 atom stereocenters. The highest BCUT2D eigenvalue weighted by molar-refractivity contribution is 9.12. The van der Waals surface area contributed by atoms with Crippen LogP contribution in [-0.4, -0.2) is 8.21 Å². The Bertz CT molecular complexity index is 157. The molecule has 0 bridgehead atoms. The van der Waals surface area contributed by atoms with Gasteiger partial charge in [0, 0.05) is 10.6 Å². The average molecular weight is 273 g/mol. The van der Waals surface area contributed by atoms with Gasteiger partial charge in [-0.1, -0.05) is 27.7 Å². The van der Waals surface area contributed by atoms with Gasteiger partial charge in [-0.3, -0.25) is 3.93 Å². The molecule has 1 aliphatic heterocycles. The molecule has 0 aliphatic carbocycles. The molecule has 0 fully saturated rings. The van der Waals surface area contributed by atoms with Crippen LogP contribution >= 0.6 is 43.8 Å². The number of thioether (sulfide) groups is 1. The molecule has 0 saturated carbocycles. The van der Waals surface area contributed by atoms with Crippen LogP contribution in [0.2, 0.25) is 0 Å². The zero-order valence-corrected chi connectivity index (χ0v) is 9.18. The summed E-state index contributed by atoms with van der Waals surface area (Å²) in [4.78, 5) is 1.37. The summed E-state index contributed by atoms with van der Waals surface area (Å²) in [6.45, 7) is 4.22. The molecular weight excluding hydrogens is 266 g/mol. The summed E-state index contributed by atoms with van der Waals surface area (Å²) in [7, 11) is 0. The Morgan fingerprint density at radius 2 is 2.11 bits per heavy atom. The van der Waals surface area contributed by atoms with E-state index in [-0.39, 0.29) is 0 Å². The number of allylic oxidation sites excluding steroid dienone is 2. The third kappa shape index (κ3) is 1.46. The van der Waals surface area contributed by atoms with Gasteiger partial charge >= 0.3 is 0 Å². The van der Waals surface area contributed by atoms with Gasteiger partial charge < -0.3 is 0 Å². The van der Waals surface area contributed by atoms with E-state index in [1.807, 2.05) is 15.7 Å². The normalized spacial score (nSPS) is 28.0. The van der Waals surface area contributed by atoms with Gasteiger partial charge in [0.15, 0.2) is 0 Å². The third-order valence-corrected chi connectivity index (χ3v) is 5.07. The van der Waals surface area contributed by atoms with Crippen molar-refractivity contribution in [2.24, 2.45) is 0 Å². The van der Waals surface area contributed by atoms with E-state index in [9.17, 15) is 0 Å². The predicted octanol–water partition coefficient (Wildman–Crippen LogP) is 3.28. The van der Waals surface area contributed by atoms with Crippen LogP contribution in [0, 0.1) is 0 Å². The lowest BCUT2D eigenvalue weighted by Crippen LogP contribution is -2.08. The molecule has 9 heavy (non-hydrogen) atoms. The Morgan fingerprint density at radius 3 is 2.22 bits per heavy atom. The molecular formula is C5H7Br2NS. The highest BCUT2D eigenvalue weighted by Crippen LogP contribution is 2.42. The maximum Gasteiger partial charge on any atom is 0.145 e. The molecule has 1 heterocycles. The quantitative estimate of drug-likeness (QED) is 0.378. The maximum atomic E-state index is 3.48. The van der Waals surface area contributed by atoms with Crippen LogP contribution in [-0.2, 0) is 0 Å². The van der Waals surface area contributed by atoms with Crippen molar-refractivity contribution in [1.82, 2.24) is 3.93 Å². The zero-order valence-electron chi connectivity index (χ0n) is 5.19. The average Bonchev–Trinajstić information content (AvgIpc) is 1.98. The topological polar surface area (TPSA) is 3.24 Å². The first-order valence-corrected chi connectivity index (χ1v) is 5.06. The molecule has 1 rings (SSSR count). The second kappa shape index (κ2) is 2.84. The monoisotopic (exact) mass is 271 g/mol.